The normalized spacial score (nSPS) is 23.5. The van der Waals surface area contributed by atoms with Gasteiger partial charge in [0.05, 0.1) is 5.92 Å². The van der Waals surface area contributed by atoms with Gasteiger partial charge in [0.25, 0.3) is 0 Å². The number of hydrogen-bond acceptors (Lipinski definition) is 2. The van der Waals surface area contributed by atoms with Crippen molar-refractivity contribution in [1.82, 2.24) is 0 Å². The van der Waals surface area contributed by atoms with Crippen molar-refractivity contribution >= 4 is 11.9 Å². The lowest BCUT2D eigenvalue weighted by molar-refractivity contribution is -0.146. The highest BCUT2D eigenvalue weighted by Gasteiger charge is 2.34. The van der Waals surface area contributed by atoms with Crippen LogP contribution in [-0.2, 0) is 9.59 Å². The summed E-state index contributed by atoms with van der Waals surface area (Å²) < 4.78 is 0. The number of rotatable bonds is 14. The molecule has 0 spiro atoms. The summed E-state index contributed by atoms with van der Waals surface area (Å²) >= 11 is 0. The van der Waals surface area contributed by atoms with Crippen LogP contribution in [0.4, 0.5) is 0 Å². The second-order valence-electron chi connectivity index (χ2n) is 7.93. The molecule has 1 aliphatic rings. The van der Waals surface area contributed by atoms with Gasteiger partial charge in [0.2, 0.25) is 0 Å². The molecule has 0 saturated heterocycles. The van der Waals surface area contributed by atoms with E-state index in [1.165, 1.54) is 32.1 Å². The molecule has 1 aliphatic carbocycles. The van der Waals surface area contributed by atoms with Gasteiger partial charge in [-0.05, 0) is 37.5 Å². The monoisotopic (exact) mass is 354 g/mol. The maximum Gasteiger partial charge on any atom is 0.306 e. The van der Waals surface area contributed by atoms with Gasteiger partial charge in [0.15, 0.2) is 0 Å². The average molecular weight is 355 g/mol. The molecule has 0 amide bonds. The number of carbonyl (C=O) groups is 2. The van der Waals surface area contributed by atoms with E-state index in [4.69, 9.17) is 5.11 Å². The number of hydrogen-bond donors (Lipinski definition) is 2. The molecule has 1 rings (SSSR count). The van der Waals surface area contributed by atoms with E-state index in [1.54, 1.807) is 0 Å². The Bertz CT molecular complexity index is 380. The summed E-state index contributed by atoms with van der Waals surface area (Å²) in [5.74, 6) is -0.426. The fourth-order valence-electron chi connectivity index (χ4n) is 4.30. The Hall–Kier alpha value is -1.06. The van der Waals surface area contributed by atoms with Crippen molar-refractivity contribution in [2.45, 2.75) is 103 Å². The quantitative estimate of drug-likeness (QED) is 0.381. The minimum atomic E-state index is -0.704. The zero-order valence-electron chi connectivity index (χ0n) is 16.0. The minimum Gasteiger partial charge on any atom is -0.481 e. The van der Waals surface area contributed by atoms with Crippen molar-refractivity contribution in [3.63, 3.8) is 0 Å². The topological polar surface area (TPSA) is 74.6 Å². The highest BCUT2D eigenvalue weighted by atomic mass is 16.4. The molecular weight excluding hydrogens is 316 g/mol. The third-order valence-corrected chi connectivity index (χ3v) is 5.85. The molecule has 146 valence electrons. The first-order chi connectivity index (χ1) is 12.0. The Labute approximate surface area is 153 Å². The summed E-state index contributed by atoms with van der Waals surface area (Å²) in [5.41, 5.74) is 0. The summed E-state index contributed by atoms with van der Waals surface area (Å²) in [6.45, 7) is 2.21. The van der Waals surface area contributed by atoms with Crippen LogP contribution in [0, 0.1) is 17.8 Å². The van der Waals surface area contributed by atoms with E-state index >= 15 is 0 Å². The fraction of sp³-hybridized carbons (Fsp3) is 0.905. The predicted octanol–water partition coefficient (Wildman–Crippen LogP) is 5.89. The molecule has 4 heteroatoms. The number of unbranched alkanes of at least 4 members (excludes halogenated alkanes) is 7. The van der Waals surface area contributed by atoms with Gasteiger partial charge in [-0.15, -0.1) is 0 Å². The zero-order valence-corrected chi connectivity index (χ0v) is 16.0. The van der Waals surface area contributed by atoms with Crippen molar-refractivity contribution in [3.05, 3.63) is 0 Å². The van der Waals surface area contributed by atoms with Crippen molar-refractivity contribution in [2.24, 2.45) is 17.8 Å². The fourth-order valence-corrected chi connectivity index (χ4v) is 4.30. The predicted molar refractivity (Wildman–Crippen MR) is 101 cm³/mol. The molecule has 3 unspecified atom stereocenters. The summed E-state index contributed by atoms with van der Waals surface area (Å²) in [6, 6.07) is 0. The molecule has 0 aromatic rings. The van der Waals surface area contributed by atoms with Crippen LogP contribution in [0.25, 0.3) is 0 Å². The van der Waals surface area contributed by atoms with Gasteiger partial charge >= 0.3 is 11.9 Å². The van der Waals surface area contributed by atoms with E-state index in [0.29, 0.717) is 11.8 Å². The van der Waals surface area contributed by atoms with Crippen LogP contribution in [0.3, 0.4) is 0 Å². The van der Waals surface area contributed by atoms with E-state index in [0.717, 1.165) is 57.8 Å². The minimum absolute atomic E-state index is 0.129. The molecule has 0 bridgehead atoms. The molecule has 0 aromatic carbocycles. The Morgan fingerprint density at radius 2 is 1.48 bits per heavy atom. The molecule has 0 radical (unpaired) electrons. The summed E-state index contributed by atoms with van der Waals surface area (Å²) in [6.07, 6.45) is 15.8. The first-order valence-electron chi connectivity index (χ1n) is 10.5. The zero-order chi connectivity index (χ0) is 18.5. The SMILES string of the molecule is CCCCCC1CCC(CCCCCCCCC(=O)O)C(C(=O)O)C1. The molecule has 0 aliphatic heterocycles. The van der Waals surface area contributed by atoms with Crippen LogP contribution < -0.4 is 0 Å². The number of carboxylic acid groups (broad SMARTS) is 2. The van der Waals surface area contributed by atoms with E-state index in [1.807, 2.05) is 0 Å². The average Bonchev–Trinajstić information content (AvgIpc) is 2.57. The Morgan fingerprint density at radius 1 is 0.840 bits per heavy atom. The van der Waals surface area contributed by atoms with Gasteiger partial charge in [-0.3, -0.25) is 9.59 Å². The highest BCUT2D eigenvalue weighted by Crippen LogP contribution is 2.39. The molecule has 1 fully saturated rings. The highest BCUT2D eigenvalue weighted by molar-refractivity contribution is 5.70. The Balaban J connectivity index is 2.17. The number of carboxylic acids is 2. The van der Waals surface area contributed by atoms with Gasteiger partial charge < -0.3 is 10.2 Å². The molecule has 1 saturated carbocycles. The van der Waals surface area contributed by atoms with Crippen LogP contribution >= 0.6 is 0 Å². The lowest BCUT2D eigenvalue weighted by Gasteiger charge is -2.34. The second-order valence-corrected chi connectivity index (χ2v) is 7.93. The smallest absolute Gasteiger partial charge is 0.306 e. The second kappa shape index (κ2) is 13.2. The van der Waals surface area contributed by atoms with Crippen molar-refractivity contribution < 1.29 is 19.8 Å². The van der Waals surface area contributed by atoms with E-state index < -0.39 is 11.9 Å². The van der Waals surface area contributed by atoms with Crippen LogP contribution in [0.15, 0.2) is 0 Å². The Morgan fingerprint density at radius 3 is 2.12 bits per heavy atom. The van der Waals surface area contributed by atoms with Gasteiger partial charge in [-0.25, -0.2) is 0 Å². The summed E-state index contributed by atoms with van der Waals surface area (Å²) in [7, 11) is 0. The standard InChI is InChI=1S/C21H38O4/c1-2-3-8-11-17-14-15-18(19(16-17)21(24)25)12-9-6-4-5-7-10-13-20(22)23/h17-19H,2-16H2,1H3,(H,22,23)(H,24,25). The first kappa shape index (κ1) is 22.0. The van der Waals surface area contributed by atoms with Gasteiger partial charge in [-0.2, -0.15) is 0 Å². The van der Waals surface area contributed by atoms with E-state index in [2.05, 4.69) is 6.92 Å². The lowest BCUT2D eigenvalue weighted by atomic mass is 9.71. The summed E-state index contributed by atoms with van der Waals surface area (Å²) in [5, 5.41) is 18.2. The Kier molecular flexibility index (Phi) is 11.6. The number of aliphatic carboxylic acids is 2. The van der Waals surface area contributed by atoms with Gasteiger partial charge in [-0.1, -0.05) is 71.1 Å². The van der Waals surface area contributed by atoms with Crippen molar-refractivity contribution in [3.8, 4) is 0 Å². The van der Waals surface area contributed by atoms with Gasteiger partial charge in [0, 0.05) is 6.42 Å². The molecular formula is C21H38O4. The van der Waals surface area contributed by atoms with E-state index in [9.17, 15) is 14.7 Å². The van der Waals surface area contributed by atoms with Crippen LogP contribution in [-0.4, -0.2) is 22.2 Å². The molecule has 2 N–H and O–H groups in total. The maximum atomic E-state index is 11.7. The van der Waals surface area contributed by atoms with Crippen LogP contribution in [0.1, 0.15) is 103 Å². The molecule has 3 atom stereocenters. The molecule has 25 heavy (non-hydrogen) atoms. The lowest BCUT2D eigenvalue weighted by Crippen LogP contribution is -2.31. The maximum absolute atomic E-state index is 11.7. The molecule has 0 heterocycles. The molecule has 0 aromatic heterocycles. The van der Waals surface area contributed by atoms with Crippen molar-refractivity contribution in [2.75, 3.05) is 0 Å². The van der Waals surface area contributed by atoms with Crippen LogP contribution in [0.2, 0.25) is 0 Å². The largest absolute Gasteiger partial charge is 0.481 e. The van der Waals surface area contributed by atoms with Gasteiger partial charge in [0.1, 0.15) is 0 Å². The summed E-state index contributed by atoms with van der Waals surface area (Å²) in [4.78, 5) is 22.1. The van der Waals surface area contributed by atoms with E-state index in [-0.39, 0.29) is 12.3 Å². The first-order valence-corrected chi connectivity index (χ1v) is 10.5. The molecule has 4 nitrogen and oxygen atoms in total. The van der Waals surface area contributed by atoms with Crippen molar-refractivity contribution in [1.29, 1.82) is 0 Å². The third-order valence-electron chi connectivity index (χ3n) is 5.85. The van der Waals surface area contributed by atoms with Crippen LogP contribution in [0.5, 0.6) is 0 Å². The third kappa shape index (κ3) is 9.86.